The van der Waals surface area contributed by atoms with Gasteiger partial charge in [0.2, 0.25) is 0 Å². The summed E-state index contributed by atoms with van der Waals surface area (Å²) in [4.78, 5) is 12.4. The largest absolute Gasteiger partial charge is 0.497 e. The molecule has 1 amide bonds. The van der Waals surface area contributed by atoms with Gasteiger partial charge in [0.05, 0.1) is 18.8 Å². The van der Waals surface area contributed by atoms with Crippen LogP contribution in [-0.4, -0.2) is 28.4 Å². The van der Waals surface area contributed by atoms with Crippen LogP contribution in [0.1, 0.15) is 10.5 Å². The zero-order valence-electron chi connectivity index (χ0n) is 13.3. The van der Waals surface area contributed by atoms with Crippen LogP contribution < -0.4 is 10.1 Å². The molecule has 0 aliphatic heterocycles. The predicted octanol–water partition coefficient (Wildman–Crippen LogP) is 3.48. The molecule has 0 saturated heterocycles. The van der Waals surface area contributed by atoms with Gasteiger partial charge in [0.15, 0.2) is 11.5 Å². The summed E-state index contributed by atoms with van der Waals surface area (Å²) >= 11 is 0. The van der Waals surface area contributed by atoms with Gasteiger partial charge in [-0.1, -0.05) is 17.3 Å². The van der Waals surface area contributed by atoms with E-state index in [1.54, 1.807) is 25.4 Å². The van der Waals surface area contributed by atoms with Crippen LogP contribution in [0.25, 0.3) is 22.2 Å². The van der Waals surface area contributed by atoms with Gasteiger partial charge >= 0.3 is 0 Å². The maximum absolute atomic E-state index is 12.4. The van der Waals surface area contributed by atoms with E-state index in [9.17, 15) is 4.79 Å². The van der Waals surface area contributed by atoms with Gasteiger partial charge in [-0.2, -0.15) is 5.10 Å². The van der Waals surface area contributed by atoms with Gasteiger partial charge in [0.25, 0.3) is 5.91 Å². The number of rotatable bonds is 4. The molecule has 7 nitrogen and oxygen atoms in total. The van der Waals surface area contributed by atoms with Gasteiger partial charge in [-0.15, -0.1) is 0 Å². The Labute approximate surface area is 142 Å². The van der Waals surface area contributed by atoms with Crippen LogP contribution in [0.4, 0.5) is 5.69 Å². The van der Waals surface area contributed by atoms with E-state index in [0.717, 1.165) is 16.5 Å². The van der Waals surface area contributed by atoms with E-state index in [1.807, 2.05) is 36.4 Å². The lowest BCUT2D eigenvalue weighted by atomic mass is 10.1. The molecule has 2 aromatic carbocycles. The third-order valence-electron chi connectivity index (χ3n) is 3.80. The number of nitrogens with one attached hydrogen (secondary N) is 2. The Morgan fingerprint density at radius 3 is 3.00 bits per heavy atom. The van der Waals surface area contributed by atoms with Crippen molar-refractivity contribution in [1.29, 1.82) is 0 Å². The second-order valence-corrected chi connectivity index (χ2v) is 5.43. The van der Waals surface area contributed by atoms with Crippen LogP contribution in [-0.2, 0) is 0 Å². The number of benzene rings is 2. The zero-order valence-corrected chi connectivity index (χ0v) is 13.3. The molecule has 0 spiro atoms. The molecule has 0 unspecified atom stereocenters. The molecule has 4 rings (SSSR count). The van der Waals surface area contributed by atoms with Crippen molar-refractivity contribution >= 4 is 22.5 Å². The highest BCUT2D eigenvalue weighted by atomic mass is 16.5. The van der Waals surface area contributed by atoms with Crippen molar-refractivity contribution in [3.05, 3.63) is 60.4 Å². The van der Waals surface area contributed by atoms with Crippen LogP contribution in [0.2, 0.25) is 0 Å². The number of fused-ring (bicyclic) bond motifs is 1. The Bertz CT molecular complexity index is 1050. The Morgan fingerprint density at radius 2 is 2.12 bits per heavy atom. The third kappa shape index (κ3) is 2.94. The van der Waals surface area contributed by atoms with Gasteiger partial charge in [0, 0.05) is 22.7 Å². The molecule has 2 N–H and O–H groups in total. The second kappa shape index (κ2) is 6.12. The highest BCUT2D eigenvalue weighted by Crippen LogP contribution is 2.25. The number of carbonyl (C=O) groups is 1. The molecule has 2 aromatic heterocycles. The molecule has 0 radical (unpaired) electrons. The molecule has 0 saturated carbocycles. The van der Waals surface area contributed by atoms with Crippen LogP contribution in [0.3, 0.4) is 0 Å². The van der Waals surface area contributed by atoms with Gasteiger partial charge < -0.3 is 14.6 Å². The van der Waals surface area contributed by atoms with E-state index in [4.69, 9.17) is 9.26 Å². The highest BCUT2D eigenvalue weighted by molar-refractivity contribution is 6.04. The molecule has 0 aliphatic carbocycles. The SMILES string of the molecule is COc1cccc(-c2cc(C(=O)Nc3ccc4[nH]ncc4c3)no2)c1. The van der Waals surface area contributed by atoms with Crippen molar-refractivity contribution in [2.75, 3.05) is 12.4 Å². The topological polar surface area (TPSA) is 93.0 Å². The quantitative estimate of drug-likeness (QED) is 0.596. The highest BCUT2D eigenvalue weighted by Gasteiger charge is 2.14. The number of anilines is 1. The number of methoxy groups -OCH3 is 1. The molecule has 0 atom stereocenters. The zero-order chi connectivity index (χ0) is 17.2. The Kier molecular flexibility index (Phi) is 3.66. The van der Waals surface area contributed by atoms with Crippen LogP contribution in [0.15, 0.2) is 59.3 Å². The molecular formula is C18H14N4O3. The first-order valence-corrected chi connectivity index (χ1v) is 7.58. The second-order valence-electron chi connectivity index (χ2n) is 5.43. The normalized spacial score (nSPS) is 10.8. The Balaban J connectivity index is 1.55. The fourth-order valence-corrected chi connectivity index (χ4v) is 2.51. The number of amides is 1. The van der Waals surface area contributed by atoms with E-state index in [-0.39, 0.29) is 11.6 Å². The number of ether oxygens (including phenoxy) is 1. The lowest BCUT2D eigenvalue weighted by molar-refractivity contribution is 0.101. The summed E-state index contributed by atoms with van der Waals surface area (Å²) < 4.78 is 10.5. The summed E-state index contributed by atoms with van der Waals surface area (Å²) in [7, 11) is 1.59. The van der Waals surface area contributed by atoms with Gasteiger partial charge in [-0.3, -0.25) is 9.89 Å². The average Bonchev–Trinajstić information content (AvgIpc) is 3.31. The molecule has 0 bridgehead atoms. The van der Waals surface area contributed by atoms with Crippen molar-refractivity contribution in [2.45, 2.75) is 0 Å². The minimum absolute atomic E-state index is 0.199. The number of nitrogens with zero attached hydrogens (tertiary/aromatic N) is 2. The summed E-state index contributed by atoms with van der Waals surface area (Å²) in [6.07, 6.45) is 1.70. The smallest absolute Gasteiger partial charge is 0.277 e. The predicted molar refractivity (Wildman–Crippen MR) is 92.5 cm³/mol. The van der Waals surface area contributed by atoms with Crippen LogP contribution in [0, 0.1) is 0 Å². The molecule has 25 heavy (non-hydrogen) atoms. The summed E-state index contributed by atoms with van der Waals surface area (Å²) in [6.45, 7) is 0. The van der Waals surface area contributed by atoms with Crippen LogP contribution >= 0.6 is 0 Å². The fraction of sp³-hybridized carbons (Fsp3) is 0.0556. The van der Waals surface area contributed by atoms with Crippen molar-refractivity contribution in [1.82, 2.24) is 15.4 Å². The standard InChI is InChI=1S/C18H14N4O3/c1-24-14-4-2-3-11(8-14)17-9-16(22-25-17)18(23)20-13-5-6-15-12(7-13)10-19-21-15/h2-10H,1H3,(H,19,21)(H,20,23). The van der Waals surface area contributed by atoms with E-state index in [0.29, 0.717) is 17.2 Å². The first kappa shape index (κ1) is 14.9. The lowest BCUT2D eigenvalue weighted by Crippen LogP contribution is -2.11. The minimum Gasteiger partial charge on any atom is -0.497 e. The summed E-state index contributed by atoms with van der Waals surface area (Å²) in [5.74, 6) is 0.850. The van der Waals surface area contributed by atoms with E-state index >= 15 is 0 Å². The lowest BCUT2D eigenvalue weighted by Gasteiger charge is -2.02. The Morgan fingerprint density at radius 1 is 1.20 bits per heavy atom. The minimum atomic E-state index is -0.347. The first-order chi connectivity index (χ1) is 12.2. The van der Waals surface area contributed by atoms with Gasteiger partial charge in [-0.25, -0.2) is 0 Å². The van der Waals surface area contributed by atoms with Gasteiger partial charge in [-0.05, 0) is 30.3 Å². The molecule has 4 aromatic rings. The molecule has 0 aliphatic rings. The number of aromatic amines is 1. The first-order valence-electron chi connectivity index (χ1n) is 7.58. The molecule has 124 valence electrons. The maximum atomic E-state index is 12.4. The maximum Gasteiger partial charge on any atom is 0.277 e. The van der Waals surface area contributed by atoms with Crippen molar-refractivity contribution in [3.8, 4) is 17.1 Å². The third-order valence-corrected chi connectivity index (χ3v) is 3.80. The van der Waals surface area contributed by atoms with Gasteiger partial charge in [0.1, 0.15) is 5.75 Å². The Hall–Kier alpha value is -3.61. The number of aromatic nitrogens is 3. The number of H-pyrrole nitrogens is 1. The summed E-state index contributed by atoms with van der Waals surface area (Å²) in [5.41, 5.74) is 2.54. The van der Waals surface area contributed by atoms with E-state index in [1.165, 1.54) is 0 Å². The molecular weight excluding hydrogens is 320 g/mol. The molecule has 7 heteroatoms. The summed E-state index contributed by atoms with van der Waals surface area (Å²) in [6, 6.07) is 14.4. The van der Waals surface area contributed by atoms with Crippen LogP contribution in [0.5, 0.6) is 5.75 Å². The van der Waals surface area contributed by atoms with Crippen molar-refractivity contribution in [2.24, 2.45) is 0 Å². The number of hydrogen-bond acceptors (Lipinski definition) is 5. The number of carbonyl (C=O) groups excluding carboxylic acids is 1. The van der Waals surface area contributed by atoms with E-state index in [2.05, 4.69) is 20.7 Å². The monoisotopic (exact) mass is 334 g/mol. The van der Waals surface area contributed by atoms with E-state index < -0.39 is 0 Å². The van der Waals surface area contributed by atoms with Crippen molar-refractivity contribution < 1.29 is 14.1 Å². The number of hydrogen-bond donors (Lipinski definition) is 2. The molecule has 0 fully saturated rings. The summed E-state index contributed by atoms with van der Waals surface area (Å²) in [5, 5.41) is 14.4. The fourth-order valence-electron chi connectivity index (χ4n) is 2.51. The van der Waals surface area contributed by atoms with Crippen molar-refractivity contribution in [3.63, 3.8) is 0 Å². The molecule has 2 heterocycles. The average molecular weight is 334 g/mol.